The molecule has 0 fully saturated rings. The lowest BCUT2D eigenvalue weighted by Gasteiger charge is -2.19. The van der Waals surface area contributed by atoms with Gasteiger partial charge < -0.3 is 24.5 Å². The number of aromatic nitrogens is 2. The molecule has 1 unspecified atom stereocenters. The molecule has 11 heteroatoms. The highest BCUT2D eigenvalue weighted by Crippen LogP contribution is 2.22. The van der Waals surface area contributed by atoms with Crippen LogP contribution in [-0.4, -0.2) is 46.7 Å². The van der Waals surface area contributed by atoms with Gasteiger partial charge in [0.05, 0.1) is 12.6 Å². The highest BCUT2D eigenvalue weighted by Gasteiger charge is 2.21. The number of nitrogens with zero attached hydrogens (tertiary/aromatic N) is 1. The molecule has 3 rings (SSSR count). The Morgan fingerprint density at radius 3 is 2.10 bits per heavy atom. The Morgan fingerprint density at radius 1 is 0.923 bits per heavy atom. The molecule has 0 radical (unpaired) electrons. The number of ether oxygens (including phenoxy) is 3. The average Bonchev–Trinajstić information content (AvgIpc) is 2.92. The van der Waals surface area contributed by atoms with Crippen LogP contribution >= 0.6 is 0 Å². The van der Waals surface area contributed by atoms with Crippen molar-refractivity contribution in [3.8, 4) is 0 Å². The summed E-state index contributed by atoms with van der Waals surface area (Å²) in [6.45, 7) is 3.08. The largest absolute Gasteiger partial charge is 0.511 e. The lowest BCUT2D eigenvalue weighted by Crippen LogP contribution is -2.34. The van der Waals surface area contributed by atoms with Crippen LogP contribution in [0.5, 0.6) is 0 Å². The summed E-state index contributed by atoms with van der Waals surface area (Å²) < 4.78 is 14.2. The Labute approximate surface area is 224 Å². The van der Waals surface area contributed by atoms with Gasteiger partial charge in [0.2, 0.25) is 6.29 Å². The molecule has 0 saturated heterocycles. The number of esters is 1. The van der Waals surface area contributed by atoms with E-state index in [9.17, 15) is 24.0 Å². The average molecular weight is 536 g/mol. The molecule has 2 N–H and O–H groups in total. The molecule has 39 heavy (non-hydrogen) atoms. The minimum absolute atomic E-state index is 0.103. The van der Waals surface area contributed by atoms with Gasteiger partial charge in [0.25, 0.3) is 11.5 Å². The summed E-state index contributed by atoms with van der Waals surface area (Å²) in [6, 6.07) is 18.1. The Kier molecular flexibility index (Phi) is 10.5. The monoisotopic (exact) mass is 535 g/mol. The van der Waals surface area contributed by atoms with Crippen LogP contribution < -0.4 is 10.9 Å². The molecule has 0 aliphatic carbocycles. The maximum absolute atomic E-state index is 13.0. The van der Waals surface area contributed by atoms with Crippen LogP contribution in [0.25, 0.3) is 0 Å². The zero-order valence-corrected chi connectivity index (χ0v) is 21.5. The normalized spacial score (nSPS) is 11.4. The zero-order valence-electron chi connectivity index (χ0n) is 21.5. The molecule has 204 valence electrons. The molecule has 3 aromatic rings. The third-order valence-electron chi connectivity index (χ3n) is 5.46. The van der Waals surface area contributed by atoms with Crippen LogP contribution in [0, 0.1) is 0 Å². The minimum atomic E-state index is -1.15. The second kappa shape index (κ2) is 14.2. The summed E-state index contributed by atoms with van der Waals surface area (Å²) in [6.07, 6.45) is -1.19. The van der Waals surface area contributed by atoms with E-state index in [2.05, 4.69) is 20.0 Å². The van der Waals surface area contributed by atoms with Crippen molar-refractivity contribution in [3.05, 3.63) is 99.7 Å². The van der Waals surface area contributed by atoms with Crippen molar-refractivity contribution in [2.24, 2.45) is 0 Å². The van der Waals surface area contributed by atoms with Gasteiger partial charge in [0, 0.05) is 26.0 Å². The topological polar surface area (TPSA) is 154 Å². The summed E-state index contributed by atoms with van der Waals surface area (Å²) in [7, 11) is 0. The maximum Gasteiger partial charge on any atom is 0.511 e. The first kappa shape index (κ1) is 28.8. The smallest absolute Gasteiger partial charge is 0.435 e. The van der Waals surface area contributed by atoms with Gasteiger partial charge in [-0.25, -0.2) is 9.78 Å². The Balaban J connectivity index is 1.58. The summed E-state index contributed by atoms with van der Waals surface area (Å²) in [5.41, 5.74) is 0.639. The standard InChI is InChI=1S/C28H29N3O8/c1-3-37-28(36)39-18(2)38-23(33)16-10-15-22(32)25-29-17-21(27(35)31-25)26(34)30-24(19-11-6-4-7-12-19)20-13-8-5-9-14-20/h4-9,11-14,17-18,24H,3,10,15-16H2,1-2H3,(H,30,34)(H,29,31,35). The first-order chi connectivity index (χ1) is 18.8. The first-order valence-corrected chi connectivity index (χ1v) is 12.3. The zero-order chi connectivity index (χ0) is 28.2. The van der Waals surface area contributed by atoms with E-state index in [1.54, 1.807) is 6.92 Å². The van der Waals surface area contributed by atoms with Gasteiger partial charge in [-0.3, -0.25) is 19.2 Å². The molecule has 1 heterocycles. The molecule has 1 amide bonds. The maximum atomic E-state index is 13.0. The van der Waals surface area contributed by atoms with Gasteiger partial charge in [-0.2, -0.15) is 0 Å². The van der Waals surface area contributed by atoms with Crippen LogP contribution in [0.1, 0.15) is 71.3 Å². The Hall–Kier alpha value is -4.80. The number of amides is 1. The van der Waals surface area contributed by atoms with Crippen molar-refractivity contribution in [2.45, 2.75) is 45.4 Å². The molecule has 1 atom stereocenters. The predicted molar refractivity (Wildman–Crippen MR) is 139 cm³/mol. The van der Waals surface area contributed by atoms with Crippen molar-refractivity contribution in [2.75, 3.05) is 6.61 Å². The summed E-state index contributed by atoms with van der Waals surface area (Å²) in [5, 5.41) is 2.86. The van der Waals surface area contributed by atoms with Crippen molar-refractivity contribution in [3.63, 3.8) is 0 Å². The Morgan fingerprint density at radius 2 is 1.54 bits per heavy atom. The highest BCUT2D eigenvalue weighted by atomic mass is 16.8. The molecule has 0 bridgehead atoms. The van der Waals surface area contributed by atoms with Crippen LogP contribution in [-0.2, 0) is 19.0 Å². The fourth-order valence-corrected chi connectivity index (χ4v) is 3.62. The van der Waals surface area contributed by atoms with E-state index in [1.165, 1.54) is 6.92 Å². The second-order valence-electron chi connectivity index (χ2n) is 8.34. The third kappa shape index (κ3) is 8.63. The molecular formula is C28H29N3O8. The van der Waals surface area contributed by atoms with E-state index in [-0.39, 0.29) is 37.3 Å². The van der Waals surface area contributed by atoms with Crippen molar-refractivity contribution in [1.82, 2.24) is 15.3 Å². The molecule has 11 nitrogen and oxygen atoms in total. The number of carbonyl (C=O) groups excluding carboxylic acids is 4. The number of benzene rings is 2. The number of Topliss-reactive ketones (excluding diaryl/α,β-unsaturated/α-hetero) is 1. The number of ketones is 1. The minimum Gasteiger partial charge on any atom is -0.435 e. The van der Waals surface area contributed by atoms with Crippen molar-refractivity contribution in [1.29, 1.82) is 0 Å². The van der Waals surface area contributed by atoms with E-state index < -0.39 is 41.7 Å². The summed E-state index contributed by atoms with van der Waals surface area (Å²) >= 11 is 0. The van der Waals surface area contributed by atoms with E-state index in [0.29, 0.717) is 0 Å². The van der Waals surface area contributed by atoms with Gasteiger partial charge in [-0.05, 0) is 24.5 Å². The lowest BCUT2D eigenvalue weighted by atomic mass is 9.98. The van der Waals surface area contributed by atoms with Crippen LogP contribution in [0.2, 0.25) is 0 Å². The Bertz CT molecular complexity index is 1300. The SMILES string of the molecule is CCOC(=O)OC(C)OC(=O)CCCC(=O)c1ncc(C(=O)NC(c2ccccc2)c2ccccc2)c(=O)[nH]1. The van der Waals surface area contributed by atoms with Gasteiger partial charge in [-0.15, -0.1) is 0 Å². The molecule has 2 aromatic carbocycles. The third-order valence-corrected chi connectivity index (χ3v) is 5.46. The molecule has 0 spiro atoms. The number of carbonyl (C=O) groups is 4. The van der Waals surface area contributed by atoms with E-state index in [0.717, 1.165) is 17.3 Å². The highest BCUT2D eigenvalue weighted by molar-refractivity contribution is 5.95. The van der Waals surface area contributed by atoms with Crippen molar-refractivity contribution >= 4 is 23.8 Å². The fraction of sp³-hybridized carbons (Fsp3) is 0.286. The number of hydrogen-bond acceptors (Lipinski definition) is 9. The quantitative estimate of drug-likeness (QED) is 0.201. The number of hydrogen-bond donors (Lipinski definition) is 2. The fourth-order valence-electron chi connectivity index (χ4n) is 3.62. The van der Waals surface area contributed by atoms with E-state index in [1.807, 2.05) is 60.7 Å². The number of aromatic amines is 1. The van der Waals surface area contributed by atoms with Crippen LogP contribution in [0.4, 0.5) is 4.79 Å². The molecule has 0 aliphatic rings. The summed E-state index contributed by atoms with van der Waals surface area (Å²) in [4.78, 5) is 67.5. The number of rotatable bonds is 12. The number of nitrogens with one attached hydrogen (secondary N) is 2. The van der Waals surface area contributed by atoms with Gasteiger partial charge >= 0.3 is 12.1 Å². The van der Waals surface area contributed by atoms with Gasteiger partial charge in [0.15, 0.2) is 11.6 Å². The van der Waals surface area contributed by atoms with E-state index >= 15 is 0 Å². The molecule has 0 saturated carbocycles. The lowest BCUT2D eigenvalue weighted by molar-refractivity contribution is -0.167. The van der Waals surface area contributed by atoms with Gasteiger partial charge in [0.1, 0.15) is 5.56 Å². The van der Waals surface area contributed by atoms with Crippen molar-refractivity contribution < 1.29 is 33.4 Å². The molecule has 1 aromatic heterocycles. The predicted octanol–water partition coefficient (Wildman–Crippen LogP) is 3.70. The summed E-state index contributed by atoms with van der Waals surface area (Å²) in [5.74, 6) is -2.08. The second-order valence-corrected chi connectivity index (χ2v) is 8.34. The van der Waals surface area contributed by atoms with Gasteiger partial charge in [-0.1, -0.05) is 60.7 Å². The molecule has 0 aliphatic heterocycles. The van der Waals surface area contributed by atoms with Crippen LogP contribution in [0.3, 0.4) is 0 Å². The first-order valence-electron chi connectivity index (χ1n) is 12.3. The number of H-pyrrole nitrogens is 1. The molecular weight excluding hydrogens is 506 g/mol. The van der Waals surface area contributed by atoms with Crippen LogP contribution in [0.15, 0.2) is 71.7 Å². The van der Waals surface area contributed by atoms with E-state index in [4.69, 9.17) is 9.47 Å².